The van der Waals surface area contributed by atoms with E-state index in [0.29, 0.717) is 25.4 Å². The predicted octanol–water partition coefficient (Wildman–Crippen LogP) is 9.90. The molecule has 0 bridgehead atoms. The summed E-state index contributed by atoms with van der Waals surface area (Å²) in [6.45, 7) is 5.00. The number of ether oxygens (including phenoxy) is 2. The van der Waals surface area contributed by atoms with E-state index in [1.165, 1.54) is 128 Å². The maximum absolute atomic E-state index is 12.3. The highest BCUT2D eigenvalue weighted by Crippen LogP contribution is 2.45. The standard InChI is InChI=1S/C40H79NO5/c1-4-6-8-10-12-14-16-18-20-22-24-28-32-39(43)37(42)36(34-41-35-30-26-27-31-35)46-38(45-3)40(39,44)33-29-25-23-21-19-17-15-13-11-9-7-5-2/h35-38,41-44H,4-34H2,1-3H3/t36-,37-,38+,39+,40+/m1/s1. The Balaban J connectivity index is 1.84. The molecule has 1 saturated heterocycles. The first-order valence-electron chi connectivity index (χ1n) is 20.5. The van der Waals surface area contributed by atoms with E-state index in [1.54, 1.807) is 7.11 Å². The Labute approximate surface area is 285 Å². The first kappa shape index (κ1) is 41.9. The molecule has 1 heterocycles. The molecule has 5 atom stereocenters. The van der Waals surface area contributed by atoms with Crippen molar-refractivity contribution in [3.8, 4) is 0 Å². The number of hydrogen-bond donors (Lipinski definition) is 4. The van der Waals surface area contributed by atoms with Crippen molar-refractivity contribution in [1.82, 2.24) is 5.32 Å². The summed E-state index contributed by atoms with van der Waals surface area (Å²) in [6, 6.07) is 0.433. The first-order chi connectivity index (χ1) is 22.4. The average molecular weight is 654 g/mol. The van der Waals surface area contributed by atoms with Gasteiger partial charge in [-0.2, -0.15) is 0 Å². The molecule has 0 spiro atoms. The SMILES string of the molecule is CCCCCCCCCCCCCC[C@]1(O)[C@@H](OC)O[C@H](CNC2CCCC2)[C@@H](O)[C@@]1(O)CCCCCCCCCCCCCC. The maximum atomic E-state index is 12.3. The fourth-order valence-electron chi connectivity index (χ4n) is 8.11. The lowest BCUT2D eigenvalue weighted by atomic mass is 9.68. The second kappa shape index (κ2) is 25.7. The third-order valence-corrected chi connectivity index (χ3v) is 11.3. The van der Waals surface area contributed by atoms with Gasteiger partial charge in [0, 0.05) is 19.7 Å². The van der Waals surface area contributed by atoms with Gasteiger partial charge in [-0.3, -0.25) is 0 Å². The van der Waals surface area contributed by atoms with Gasteiger partial charge in [-0.05, 0) is 25.7 Å². The highest BCUT2D eigenvalue weighted by Gasteiger charge is 2.64. The molecule has 46 heavy (non-hydrogen) atoms. The van der Waals surface area contributed by atoms with Crippen LogP contribution in [0.2, 0.25) is 0 Å². The Kier molecular flexibility index (Phi) is 23.4. The van der Waals surface area contributed by atoms with E-state index < -0.39 is 29.7 Å². The molecular formula is C40H79NO5. The zero-order chi connectivity index (χ0) is 33.4. The molecule has 1 aliphatic heterocycles. The van der Waals surface area contributed by atoms with E-state index in [9.17, 15) is 15.3 Å². The van der Waals surface area contributed by atoms with E-state index in [4.69, 9.17) is 9.47 Å². The molecule has 2 rings (SSSR count). The second-order valence-electron chi connectivity index (χ2n) is 15.2. The van der Waals surface area contributed by atoms with Gasteiger partial charge in [0.15, 0.2) is 6.29 Å². The van der Waals surface area contributed by atoms with Crippen LogP contribution in [0.25, 0.3) is 0 Å². The van der Waals surface area contributed by atoms with Crippen molar-refractivity contribution in [3.63, 3.8) is 0 Å². The number of aliphatic hydroxyl groups is 3. The molecule has 1 aliphatic carbocycles. The molecule has 0 unspecified atom stereocenters. The molecule has 274 valence electrons. The van der Waals surface area contributed by atoms with Gasteiger partial charge < -0.3 is 30.1 Å². The maximum Gasteiger partial charge on any atom is 0.189 e. The van der Waals surface area contributed by atoms with Crippen molar-refractivity contribution in [2.75, 3.05) is 13.7 Å². The zero-order valence-corrected chi connectivity index (χ0v) is 30.9. The fraction of sp³-hybridized carbons (Fsp3) is 1.00. The normalized spacial score (nSPS) is 27.1. The van der Waals surface area contributed by atoms with E-state index in [2.05, 4.69) is 19.2 Å². The molecule has 4 N–H and O–H groups in total. The van der Waals surface area contributed by atoms with Gasteiger partial charge >= 0.3 is 0 Å². The van der Waals surface area contributed by atoms with Crippen LogP contribution < -0.4 is 5.32 Å². The summed E-state index contributed by atoms with van der Waals surface area (Å²) >= 11 is 0. The molecule has 0 radical (unpaired) electrons. The van der Waals surface area contributed by atoms with E-state index in [1.807, 2.05) is 0 Å². The van der Waals surface area contributed by atoms with Crippen LogP contribution in [0.5, 0.6) is 0 Å². The molecule has 0 amide bonds. The number of rotatable bonds is 30. The molecule has 6 heteroatoms. The Morgan fingerprint density at radius 1 is 0.587 bits per heavy atom. The molecule has 0 aromatic heterocycles. The van der Waals surface area contributed by atoms with Gasteiger partial charge in [0.2, 0.25) is 0 Å². The summed E-state index contributed by atoms with van der Waals surface area (Å²) in [5.41, 5.74) is -3.30. The summed E-state index contributed by atoms with van der Waals surface area (Å²) in [4.78, 5) is 0. The minimum atomic E-state index is -1.66. The molecule has 0 aromatic carbocycles. The van der Waals surface area contributed by atoms with Crippen molar-refractivity contribution in [2.24, 2.45) is 0 Å². The summed E-state index contributed by atoms with van der Waals surface area (Å²) in [7, 11) is 1.56. The quantitative estimate of drug-likeness (QED) is 0.0577. The van der Waals surface area contributed by atoms with Crippen molar-refractivity contribution < 1.29 is 24.8 Å². The van der Waals surface area contributed by atoms with Crippen molar-refractivity contribution in [2.45, 2.75) is 242 Å². The molecule has 0 aromatic rings. The van der Waals surface area contributed by atoms with Gasteiger partial charge in [-0.15, -0.1) is 0 Å². The van der Waals surface area contributed by atoms with Crippen LogP contribution in [0.3, 0.4) is 0 Å². The Hall–Kier alpha value is -0.240. The highest BCUT2D eigenvalue weighted by molar-refractivity contribution is 5.12. The number of unbranched alkanes of at least 4 members (excludes halogenated alkanes) is 22. The third-order valence-electron chi connectivity index (χ3n) is 11.3. The average Bonchev–Trinajstić information content (AvgIpc) is 3.58. The van der Waals surface area contributed by atoms with Gasteiger partial charge in [0.05, 0.1) is 0 Å². The van der Waals surface area contributed by atoms with E-state index in [-0.39, 0.29) is 0 Å². The summed E-state index contributed by atoms with van der Waals surface area (Å²) < 4.78 is 12.0. The lowest BCUT2D eigenvalue weighted by molar-refractivity contribution is -0.369. The smallest absolute Gasteiger partial charge is 0.189 e. The van der Waals surface area contributed by atoms with Gasteiger partial charge in [-0.25, -0.2) is 0 Å². The zero-order valence-electron chi connectivity index (χ0n) is 30.9. The molecule has 2 fully saturated rings. The number of hydrogen-bond acceptors (Lipinski definition) is 6. The summed E-state index contributed by atoms with van der Waals surface area (Å²) in [5.74, 6) is 0. The van der Waals surface area contributed by atoms with Crippen molar-refractivity contribution in [3.05, 3.63) is 0 Å². The monoisotopic (exact) mass is 654 g/mol. The molecule has 6 nitrogen and oxygen atoms in total. The van der Waals surface area contributed by atoms with Crippen LogP contribution in [0.1, 0.15) is 206 Å². The molecule has 1 saturated carbocycles. The minimum Gasteiger partial charge on any atom is -0.387 e. The lowest BCUT2D eigenvalue weighted by Crippen LogP contribution is -2.75. The van der Waals surface area contributed by atoms with Gasteiger partial charge in [-0.1, -0.05) is 181 Å². The number of nitrogens with one attached hydrogen (secondary N) is 1. The number of methoxy groups -OCH3 is 1. The topological polar surface area (TPSA) is 91.2 Å². The lowest BCUT2D eigenvalue weighted by Gasteiger charge is -2.55. The number of aliphatic hydroxyl groups excluding tert-OH is 1. The largest absolute Gasteiger partial charge is 0.387 e. The van der Waals surface area contributed by atoms with Crippen LogP contribution in [0.4, 0.5) is 0 Å². The van der Waals surface area contributed by atoms with Gasteiger partial charge in [0.1, 0.15) is 23.4 Å². The van der Waals surface area contributed by atoms with Crippen LogP contribution in [-0.2, 0) is 9.47 Å². The van der Waals surface area contributed by atoms with Crippen LogP contribution in [0, 0.1) is 0 Å². The molecule has 2 aliphatic rings. The summed E-state index contributed by atoms with van der Waals surface area (Å²) in [6.07, 6.45) is 32.5. The first-order valence-corrected chi connectivity index (χ1v) is 20.5. The van der Waals surface area contributed by atoms with Crippen molar-refractivity contribution >= 4 is 0 Å². The second-order valence-corrected chi connectivity index (χ2v) is 15.2. The fourth-order valence-corrected chi connectivity index (χ4v) is 8.11. The van der Waals surface area contributed by atoms with E-state index in [0.717, 1.165) is 51.4 Å². The highest BCUT2D eigenvalue weighted by atomic mass is 16.7. The predicted molar refractivity (Wildman–Crippen MR) is 193 cm³/mol. The molecular weight excluding hydrogens is 574 g/mol. The van der Waals surface area contributed by atoms with Crippen LogP contribution >= 0.6 is 0 Å². The minimum absolute atomic E-state index is 0.365. The van der Waals surface area contributed by atoms with Crippen molar-refractivity contribution in [1.29, 1.82) is 0 Å². The van der Waals surface area contributed by atoms with Crippen LogP contribution in [0.15, 0.2) is 0 Å². The third kappa shape index (κ3) is 15.1. The summed E-state index contributed by atoms with van der Waals surface area (Å²) in [5, 5.41) is 39.7. The Morgan fingerprint density at radius 2 is 0.957 bits per heavy atom. The van der Waals surface area contributed by atoms with E-state index >= 15 is 0 Å². The van der Waals surface area contributed by atoms with Crippen LogP contribution in [-0.4, -0.2) is 64.7 Å². The van der Waals surface area contributed by atoms with Gasteiger partial charge in [0.25, 0.3) is 0 Å². The Morgan fingerprint density at radius 3 is 1.35 bits per heavy atom. The Bertz CT molecular complexity index is 703.